The maximum atomic E-state index is 12.5. The number of nitrogens with zero attached hydrogens (tertiary/aromatic N) is 3. The molecule has 21 heavy (non-hydrogen) atoms. The van der Waals surface area contributed by atoms with Crippen molar-refractivity contribution in [2.24, 2.45) is 5.41 Å². The van der Waals surface area contributed by atoms with Gasteiger partial charge in [0.1, 0.15) is 0 Å². The van der Waals surface area contributed by atoms with E-state index in [4.69, 9.17) is 0 Å². The summed E-state index contributed by atoms with van der Waals surface area (Å²) in [7, 11) is 0. The summed E-state index contributed by atoms with van der Waals surface area (Å²) in [4.78, 5) is 4.10. The molecule has 0 aromatic carbocycles. The largest absolute Gasteiger partial charge is 0.419 e. The fraction of sp³-hybridized carbons (Fsp3) is 0.357. The highest BCUT2D eigenvalue weighted by Gasteiger charge is 2.32. The van der Waals surface area contributed by atoms with Crippen LogP contribution in [0.5, 0.6) is 0 Å². The van der Waals surface area contributed by atoms with Gasteiger partial charge < -0.3 is 5.32 Å². The lowest BCUT2D eigenvalue weighted by Crippen LogP contribution is -2.12. The topological polar surface area (TPSA) is 42.7 Å². The summed E-state index contributed by atoms with van der Waals surface area (Å²) in [6.07, 6.45) is -1.16. The second kappa shape index (κ2) is 5.38. The number of aromatic nitrogens is 3. The molecule has 0 amide bonds. The van der Waals surface area contributed by atoms with E-state index in [-0.39, 0.29) is 5.41 Å². The highest BCUT2D eigenvalue weighted by Crippen LogP contribution is 2.29. The first-order chi connectivity index (χ1) is 9.65. The van der Waals surface area contributed by atoms with E-state index in [1.807, 2.05) is 27.3 Å². The van der Waals surface area contributed by atoms with Crippen molar-refractivity contribution in [1.29, 1.82) is 0 Å². The van der Waals surface area contributed by atoms with Gasteiger partial charge in [0.15, 0.2) is 5.82 Å². The molecule has 0 aliphatic heterocycles. The van der Waals surface area contributed by atoms with E-state index in [1.165, 1.54) is 0 Å². The third-order valence-corrected chi connectivity index (χ3v) is 2.56. The normalized spacial score (nSPS) is 12.5. The monoisotopic (exact) mass is 297 g/mol. The Balaban J connectivity index is 2.10. The van der Waals surface area contributed by atoms with Crippen LogP contribution in [0.1, 0.15) is 26.3 Å². The predicted octanol–water partition coefficient (Wildman–Crippen LogP) is 3.91. The Bertz CT molecular complexity index is 594. The Labute approximate surface area is 121 Å². The highest BCUT2D eigenvalue weighted by molar-refractivity contribution is 5.45. The van der Waals surface area contributed by atoms with Crippen LogP contribution >= 0.6 is 0 Å². The van der Waals surface area contributed by atoms with Gasteiger partial charge in [-0.1, -0.05) is 20.8 Å². The molecule has 0 aliphatic carbocycles. The fourth-order valence-electron chi connectivity index (χ4n) is 1.50. The molecule has 0 spiro atoms. The third-order valence-electron chi connectivity index (χ3n) is 2.56. The van der Waals surface area contributed by atoms with Gasteiger partial charge in [-0.3, -0.25) is 0 Å². The Kier molecular flexibility index (Phi) is 3.93. The van der Waals surface area contributed by atoms with E-state index in [1.54, 1.807) is 18.3 Å². The molecule has 2 aromatic rings. The Morgan fingerprint density at radius 3 is 2.33 bits per heavy atom. The van der Waals surface area contributed by atoms with Gasteiger partial charge in [0.25, 0.3) is 0 Å². The van der Waals surface area contributed by atoms with Gasteiger partial charge in [-0.05, 0) is 17.5 Å². The molecule has 0 atom stereocenters. The summed E-state index contributed by atoms with van der Waals surface area (Å²) in [5, 5.41) is 6.77. The van der Waals surface area contributed by atoms with E-state index < -0.39 is 11.7 Å². The maximum absolute atomic E-state index is 12.5. The zero-order valence-corrected chi connectivity index (χ0v) is 11.9. The molecule has 7 heteroatoms. The van der Waals surface area contributed by atoms with Gasteiger partial charge in [0.2, 0.25) is 0 Å². The fourth-order valence-corrected chi connectivity index (χ4v) is 1.50. The van der Waals surface area contributed by atoms with Crippen LogP contribution < -0.4 is 5.32 Å². The third kappa shape index (κ3) is 4.21. The smallest absolute Gasteiger partial charge is 0.378 e. The first kappa shape index (κ1) is 15.3. The number of anilines is 1. The summed E-state index contributed by atoms with van der Waals surface area (Å²) >= 11 is 0. The number of pyridine rings is 1. The quantitative estimate of drug-likeness (QED) is 0.934. The van der Waals surface area contributed by atoms with Crippen molar-refractivity contribution in [3.63, 3.8) is 0 Å². The van der Waals surface area contributed by atoms with Crippen molar-refractivity contribution in [2.75, 3.05) is 5.32 Å². The molecule has 2 heterocycles. The Hall–Kier alpha value is -2.05. The predicted molar refractivity (Wildman–Crippen MR) is 73.7 cm³/mol. The van der Waals surface area contributed by atoms with Gasteiger partial charge in [-0.2, -0.15) is 18.3 Å². The Morgan fingerprint density at radius 2 is 1.86 bits per heavy atom. The lowest BCUT2D eigenvalue weighted by atomic mass is 9.97. The van der Waals surface area contributed by atoms with Crippen molar-refractivity contribution in [3.05, 3.63) is 42.8 Å². The second-order valence-corrected chi connectivity index (χ2v) is 5.73. The minimum Gasteiger partial charge on any atom is -0.378 e. The highest BCUT2D eigenvalue weighted by atomic mass is 19.4. The Morgan fingerprint density at radius 1 is 1.14 bits per heavy atom. The molecule has 113 valence electrons. The van der Waals surface area contributed by atoms with Gasteiger partial charge >= 0.3 is 6.18 Å². The van der Waals surface area contributed by atoms with E-state index in [9.17, 15) is 13.2 Å². The van der Waals surface area contributed by atoms with E-state index in [0.717, 1.165) is 22.8 Å². The van der Waals surface area contributed by atoms with Crippen molar-refractivity contribution in [2.45, 2.75) is 26.9 Å². The maximum Gasteiger partial charge on any atom is 0.419 e. The molecule has 2 rings (SSSR count). The molecule has 0 aliphatic rings. The van der Waals surface area contributed by atoms with Gasteiger partial charge in [-0.25, -0.2) is 9.67 Å². The first-order valence-corrected chi connectivity index (χ1v) is 6.34. The van der Waals surface area contributed by atoms with E-state index >= 15 is 0 Å². The number of alkyl halides is 3. The van der Waals surface area contributed by atoms with Crippen molar-refractivity contribution in [3.8, 4) is 5.82 Å². The van der Waals surface area contributed by atoms with Crippen molar-refractivity contribution < 1.29 is 13.2 Å². The van der Waals surface area contributed by atoms with E-state index in [0.29, 0.717) is 5.82 Å². The summed E-state index contributed by atoms with van der Waals surface area (Å²) in [5.74, 6) is 0.326. The number of hydrogen-bond acceptors (Lipinski definition) is 3. The van der Waals surface area contributed by atoms with Crippen molar-refractivity contribution >= 4 is 5.69 Å². The van der Waals surface area contributed by atoms with Gasteiger partial charge in [-0.15, -0.1) is 0 Å². The average molecular weight is 297 g/mol. The summed E-state index contributed by atoms with van der Waals surface area (Å²) in [6, 6.07) is 3.34. The molecule has 1 N–H and O–H groups in total. The summed E-state index contributed by atoms with van der Waals surface area (Å²) < 4.78 is 38.6. The molecule has 0 saturated carbocycles. The molecule has 4 nitrogen and oxygen atoms in total. The van der Waals surface area contributed by atoms with E-state index in [2.05, 4.69) is 15.4 Å². The molecular formula is C14H16F3N4. The standard InChI is InChI=1S/C14H16F3N4/c1-13(2,3)9-19-11-4-5-12(18-7-11)21-8-10(6-20-21)14(15,16)17/h4-9,19H,1-3H3. The average Bonchev–Trinajstić information content (AvgIpc) is 2.85. The molecule has 2 aromatic heterocycles. The molecule has 0 bridgehead atoms. The molecule has 0 unspecified atom stereocenters. The van der Waals surface area contributed by atoms with Crippen LogP contribution in [0.3, 0.4) is 0 Å². The van der Waals surface area contributed by atoms with Crippen LogP contribution in [0.15, 0.2) is 30.7 Å². The number of hydrogen-bond donors (Lipinski definition) is 1. The van der Waals surface area contributed by atoms with Crippen LogP contribution in [-0.2, 0) is 6.18 Å². The summed E-state index contributed by atoms with van der Waals surface area (Å²) in [5.41, 5.74) is -0.0353. The van der Waals surface area contributed by atoms with Crippen LogP contribution in [0, 0.1) is 12.0 Å². The zero-order chi connectivity index (χ0) is 15.7. The second-order valence-electron chi connectivity index (χ2n) is 5.73. The summed E-state index contributed by atoms with van der Waals surface area (Å²) in [6.45, 7) is 8.05. The minimum atomic E-state index is -4.40. The van der Waals surface area contributed by atoms with Gasteiger partial charge in [0.05, 0.1) is 30.2 Å². The SMILES string of the molecule is CC(C)(C)[CH]Nc1ccc(-n2cc(C(F)(F)F)cn2)nc1. The number of halogens is 3. The van der Waals surface area contributed by atoms with Crippen LogP contribution in [-0.4, -0.2) is 14.8 Å². The molecular weight excluding hydrogens is 281 g/mol. The minimum absolute atomic E-state index is 0.00225. The lowest BCUT2D eigenvalue weighted by molar-refractivity contribution is -0.137. The van der Waals surface area contributed by atoms with Gasteiger partial charge in [0, 0.05) is 6.20 Å². The first-order valence-electron chi connectivity index (χ1n) is 6.34. The van der Waals surface area contributed by atoms with Crippen molar-refractivity contribution in [1.82, 2.24) is 14.8 Å². The zero-order valence-electron chi connectivity index (χ0n) is 11.9. The molecule has 0 saturated heterocycles. The van der Waals surface area contributed by atoms with Crippen LogP contribution in [0.4, 0.5) is 18.9 Å². The lowest BCUT2D eigenvalue weighted by Gasteiger charge is -2.18. The van der Waals surface area contributed by atoms with Crippen LogP contribution in [0.2, 0.25) is 0 Å². The number of nitrogens with one attached hydrogen (secondary N) is 1. The number of rotatable bonds is 3. The molecule has 0 fully saturated rings. The van der Waals surface area contributed by atoms with Crippen LogP contribution in [0.25, 0.3) is 5.82 Å². The molecule has 1 radical (unpaired) electrons.